The normalized spacial score (nSPS) is 21.0. The van der Waals surface area contributed by atoms with Crippen LogP contribution in [-0.2, 0) is 9.53 Å². The Hall–Kier alpha value is -3.02. The summed E-state index contributed by atoms with van der Waals surface area (Å²) in [5, 5.41) is 11.1. The highest BCUT2D eigenvalue weighted by Crippen LogP contribution is 2.37. The molecule has 1 heterocycles. The lowest BCUT2D eigenvalue weighted by molar-refractivity contribution is -0.484. The fourth-order valence-corrected chi connectivity index (χ4v) is 2.84. The van der Waals surface area contributed by atoms with Gasteiger partial charge in [0.25, 0.3) is 0 Å². The zero-order chi connectivity index (χ0) is 17.2. The number of aliphatic imine (C=N–C) groups is 1. The minimum absolute atomic E-state index is 0.201. The van der Waals surface area contributed by atoms with Crippen molar-refractivity contribution in [2.45, 2.75) is 18.4 Å². The molecule has 0 aliphatic carbocycles. The second-order valence-corrected chi connectivity index (χ2v) is 5.80. The smallest absolute Gasteiger partial charge is 0.341 e. The van der Waals surface area contributed by atoms with Crippen molar-refractivity contribution >= 4 is 11.9 Å². The van der Waals surface area contributed by atoms with Crippen LogP contribution in [0.2, 0.25) is 0 Å². The Morgan fingerprint density at radius 3 is 2.29 bits per heavy atom. The van der Waals surface area contributed by atoms with Crippen molar-refractivity contribution in [1.29, 1.82) is 0 Å². The maximum absolute atomic E-state index is 12.5. The first-order valence-corrected chi connectivity index (χ1v) is 7.55. The number of carbonyl (C=O) groups excluding carboxylic acids is 1. The number of nitro groups is 1. The van der Waals surface area contributed by atoms with Crippen LogP contribution in [0.3, 0.4) is 0 Å². The first-order valence-electron chi connectivity index (χ1n) is 7.55. The molecule has 0 bridgehead atoms. The topological polar surface area (TPSA) is 81.8 Å². The number of nitrogens with zero attached hydrogens (tertiary/aromatic N) is 2. The molecular formula is C18H16N2O4. The molecule has 2 aromatic rings. The summed E-state index contributed by atoms with van der Waals surface area (Å²) >= 11 is 0. The van der Waals surface area contributed by atoms with Crippen LogP contribution in [-0.4, -0.2) is 28.9 Å². The van der Waals surface area contributed by atoms with Gasteiger partial charge in [0.1, 0.15) is 0 Å². The van der Waals surface area contributed by atoms with Gasteiger partial charge in [-0.15, -0.1) is 0 Å². The fourth-order valence-electron chi connectivity index (χ4n) is 2.84. The summed E-state index contributed by atoms with van der Waals surface area (Å²) in [5.74, 6) is -1.08. The third kappa shape index (κ3) is 2.90. The van der Waals surface area contributed by atoms with Gasteiger partial charge in [-0.3, -0.25) is 10.1 Å². The Bertz CT molecular complexity index is 789. The summed E-state index contributed by atoms with van der Waals surface area (Å²) in [6, 6.07) is 18.0. The highest BCUT2D eigenvalue weighted by molar-refractivity contribution is 6.08. The van der Waals surface area contributed by atoms with Crippen molar-refractivity contribution in [2.24, 2.45) is 4.99 Å². The molecule has 0 unspecified atom stereocenters. The number of rotatable bonds is 5. The van der Waals surface area contributed by atoms with Crippen LogP contribution >= 0.6 is 0 Å². The first-order chi connectivity index (χ1) is 11.5. The van der Waals surface area contributed by atoms with Crippen molar-refractivity contribution in [3.63, 3.8) is 0 Å². The summed E-state index contributed by atoms with van der Waals surface area (Å²) in [4.78, 5) is 27.7. The third-order valence-electron chi connectivity index (χ3n) is 4.17. The Kier molecular flexibility index (Phi) is 4.12. The van der Waals surface area contributed by atoms with Gasteiger partial charge in [0.2, 0.25) is 12.4 Å². The zero-order valence-corrected chi connectivity index (χ0v) is 13.1. The monoisotopic (exact) mass is 324 g/mol. The van der Waals surface area contributed by atoms with E-state index in [4.69, 9.17) is 4.74 Å². The molecule has 0 saturated carbocycles. The average molecular weight is 324 g/mol. The van der Waals surface area contributed by atoms with E-state index in [-0.39, 0.29) is 5.90 Å². The van der Waals surface area contributed by atoms with E-state index in [1.165, 1.54) is 0 Å². The van der Waals surface area contributed by atoms with Crippen LogP contribution in [0, 0.1) is 10.1 Å². The lowest BCUT2D eigenvalue weighted by Crippen LogP contribution is -2.40. The molecule has 3 rings (SSSR count). The molecule has 2 atom stereocenters. The van der Waals surface area contributed by atoms with Crippen LogP contribution < -0.4 is 0 Å². The van der Waals surface area contributed by atoms with Gasteiger partial charge in [0, 0.05) is 10.5 Å². The van der Waals surface area contributed by atoms with Crippen LogP contribution in [0.15, 0.2) is 65.7 Å². The number of benzene rings is 2. The minimum Gasteiger partial charge on any atom is -0.405 e. The van der Waals surface area contributed by atoms with Gasteiger partial charge in [0.05, 0.1) is 5.92 Å². The molecule has 122 valence electrons. The average Bonchev–Trinajstić information content (AvgIpc) is 2.90. The molecule has 0 saturated heterocycles. The van der Waals surface area contributed by atoms with Gasteiger partial charge in [-0.2, -0.15) is 0 Å². The number of hydrogen-bond acceptors (Lipinski definition) is 5. The molecule has 0 spiro atoms. The Morgan fingerprint density at radius 1 is 1.12 bits per heavy atom. The van der Waals surface area contributed by atoms with E-state index in [2.05, 4.69) is 4.99 Å². The summed E-state index contributed by atoms with van der Waals surface area (Å²) in [6.07, 6.45) is 0. The molecule has 0 radical (unpaired) electrons. The maximum atomic E-state index is 12.5. The van der Waals surface area contributed by atoms with Crippen LogP contribution in [0.4, 0.5) is 0 Å². The number of hydrogen-bond donors (Lipinski definition) is 0. The predicted octanol–water partition coefficient (Wildman–Crippen LogP) is 2.81. The van der Waals surface area contributed by atoms with Gasteiger partial charge >= 0.3 is 5.97 Å². The Morgan fingerprint density at radius 2 is 1.71 bits per heavy atom. The van der Waals surface area contributed by atoms with E-state index in [0.717, 1.165) is 0 Å². The second kappa shape index (κ2) is 6.23. The van der Waals surface area contributed by atoms with Crippen molar-refractivity contribution in [2.75, 3.05) is 6.54 Å². The summed E-state index contributed by atoms with van der Waals surface area (Å²) in [7, 11) is 0. The predicted molar refractivity (Wildman–Crippen MR) is 88.5 cm³/mol. The number of cyclic esters (lactones) is 1. The number of ether oxygens (including phenoxy) is 1. The minimum atomic E-state index is -1.33. The summed E-state index contributed by atoms with van der Waals surface area (Å²) in [6.45, 7) is 1.19. The molecule has 0 amide bonds. The highest BCUT2D eigenvalue weighted by Gasteiger charge is 2.51. The molecule has 0 aromatic heterocycles. The fraction of sp³-hybridized carbons (Fsp3) is 0.222. The van der Waals surface area contributed by atoms with Crippen LogP contribution in [0.25, 0.3) is 0 Å². The van der Waals surface area contributed by atoms with Crippen molar-refractivity contribution in [1.82, 2.24) is 0 Å². The van der Waals surface area contributed by atoms with Crippen molar-refractivity contribution < 1.29 is 14.5 Å². The van der Waals surface area contributed by atoms with Gasteiger partial charge in [0.15, 0.2) is 5.54 Å². The van der Waals surface area contributed by atoms with E-state index in [0.29, 0.717) is 11.1 Å². The molecule has 1 aliphatic heterocycles. The standard InChI is InChI=1S/C18H16N2O4/c1-18(15(12-20(22)23)13-8-4-2-5-9-13)17(21)24-16(19-18)14-10-6-3-7-11-14/h2-11,15H,12H2,1H3/t15-,18-/m1/s1. The van der Waals surface area contributed by atoms with E-state index in [9.17, 15) is 14.9 Å². The van der Waals surface area contributed by atoms with Gasteiger partial charge in [-0.25, -0.2) is 9.79 Å². The number of esters is 1. The number of carbonyl (C=O) groups is 1. The van der Waals surface area contributed by atoms with E-state index >= 15 is 0 Å². The van der Waals surface area contributed by atoms with Crippen molar-refractivity contribution in [3.05, 3.63) is 81.9 Å². The molecule has 6 nitrogen and oxygen atoms in total. The molecule has 1 aliphatic rings. The van der Waals surface area contributed by atoms with Gasteiger partial charge in [-0.05, 0) is 24.6 Å². The van der Waals surface area contributed by atoms with E-state index in [1.807, 2.05) is 24.3 Å². The molecule has 0 N–H and O–H groups in total. The SMILES string of the molecule is C[C@]1([C@H](C[N+](=O)[O-])c2ccccc2)N=C(c2ccccc2)OC1=O. The largest absolute Gasteiger partial charge is 0.405 e. The van der Waals surface area contributed by atoms with Crippen LogP contribution in [0.5, 0.6) is 0 Å². The molecule has 0 fully saturated rings. The Labute approximate surface area is 138 Å². The molecular weight excluding hydrogens is 308 g/mol. The molecule has 6 heteroatoms. The van der Waals surface area contributed by atoms with E-state index < -0.39 is 28.9 Å². The summed E-state index contributed by atoms with van der Waals surface area (Å²) < 4.78 is 5.34. The molecule has 2 aromatic carbocycles. The maximum Gasteiger partial charge on any atom is 0.341 e. The molecule has 24 heavy (non-hydrogen) atoms. The van der Waals surface area contributed by atoms with Gasteiger partial charge in [-0.1, -0.05) is 48.5 Å². The zero-order valence-electron chi connectivity index (χ0n) is 13.1. The first kappa shape index (κ1) is 15.9. The quantitative estimate of drug-likeness (QED) is 0.481. The Balaban J connectivity index is 2.04. The van der Waals surface area contributed by atoms with E-state index in [1.54, 1.807) is 43.3 Å². The lowest BCUT2D eigenvalue weighted by atomic mass is 9.81. The van der Waals surface area contributed by atoms with Gasteiger partial charge < -0.3 is 4.74 Å². The second-order valence-electron chi connectivity index (χ2n) is 5.80. The van der Waals surface area contributed by atoms with Crippen molar-refractivity contribution in [3.8, 4) is 0 Å². The highest BCUT2D eigenvalue weighted by atomic mass is 16.6. The lowest BCUT2D eigenvalue weighted by Gasteiger charge is -2.25. The summed E-state index contributed by atoms with van der Waals surface area (Å²) in [5.41, 5.74) is 0.0220. The van der Waals surface area contributed by atoms with Crippen LogP contribution in [0.1, 0.15) is 24.0 Å². The third-order valence-corrected chi connectivity index (χ3v) is 4.17.